The largest absolute Gasteiger partial charge is 0.352 e. The number of aryl methyl sites for hydroxylation is 1. The van der Waals surface area contributed by atoms with Crippen molar-refractivity contribution in [1.82, 2.24) is 10.6 Å². The lowest BCUT2D eigenvalue weighted by Gasteiger charge is -2.23. The van der Waals surface area contributed by atoms with Gasteiger partial charge in [-0.1, -0.05) is 17.7 Å². The summed E-state index contributed by atoms with van der Waals surface area (Å²) in [5.74, 6) is 0.360. The standard InChI is InChI=1S/C17H27N3O2S.ClH/c1-12-6-5-7-13(10-12)15(21)20-14(8-9-23-4)16(22)19-11-17(2,3)18;/h5-7,10,14H,8-9,11,18H2,1-4H3,(H,19,22)(H,20,21);1H. The lowest BCUT2D eigenvalue weighted by atomic mass is 10.1. The average molecular weight is 374 g/mol. The van der Waals surface area contributed by atoms with Crippen molar-refractivity contribution in [3.8, 4) is 0 Å². The van der Waals surface area contributed by atoms with E-state index in [0.717, 1.165) is 11.3 Å². The zero-order chi connectivity index (χ0) is 17.5. The van der Waals surface area contributed by atoms with E-state index in [4.69, 9.17) is 5.73 Å². The highest BCUT2D eigenvalue weighted by atomic mass is 35.5. The first-order valence-corrected chi connectivity index (χ1v) is 9.05. The number of hydrogen-bond acceptors (Lipinski definition) is 4. The van der Waals surface area contributed by atoms with Gasteiger partial charge >= 0.3 is 0 Å². The first-order chi connectivity index (χ1) is 10.7. The monoisotopic (exact) mass is 373 g/mol. The third-order valence-electron chi connectivity index (χ3n) is 3.23. The second-order valence-corrected chi connectivity index (χ2v) is 7.37. The van der Waals surface area contributed by atoms with E-state index in [1.165, 1.54) is 0 Å². The van der Waals surface area contributed by atoms with Gasteiger partial charge in [-0.15, -0.1) is 12.4 Å². The maximum absolute atomic E-state index is 12.4. The highest BCUT2D eigenvalue weighted by molar-refractivity contribution is 7.98. The number of carbonyl (C=O) groups excluding carboxylic acids is 2. The number of benzene rings is 1. The zero-order valence-corrected chi connectivity index (χ0v) is 16.4. The lowest BCUT2D eigenvalue weighted by Crippen LogP contribution is -2.52. The summed E-state index contributed by atoms with van der Waals surface area (Å²) in [5, 5.41) is 5.64. The minimum absolute atomic E-state index is 0. The molecule has 1 aromatic carbocycles. The van der Waals surface area contributed by atoms with E-state index in [1.54, 1.807) is 17.8 Å². The number of carbonyl (C=O) groups is 2. The van der Waals surface area contributed by atoms with Gasteiger partial charge in [0, 0.05) is 17.6 Å². The van der Waals surface area contributed by atoms with Crippen LogP contribution in [-0.2, 0) is 4.79 Å². The van der Waals surface area contributed by atoms with Gasteiger partial charge in [0.1, 0.15) is 6.04 Å². The minimum atomic E-state index is -0.558. The molecular formula is C17H28ClN3O2S. The van der Waals surface area contributed by atoms with E-state index in [9.17, 15) is 9.59 Å². The maximum Gasteiger partial charge on any atom is 0.251 e. The summed E-state index contributed by atoms with van der Waals surface area (Å²) in [5.41, 5.74) is 6.97. The van der Waals surface area contributed by atoms with Crippen LogP contribution in [-0.4, -0.2) is 41.9 Å². The molecule has 0 radical (unpaired) electrons. The van der Waals surface area contributed by atoms with Gasteiger partial charge in [0.25, 0.3) is 5.91 Å². The molecule has 24 heavy (non-hydrogen) atoms. The van der Waals surface area contributed by atoms with Gasteiger partial charge < -0.3 is 16.4 Å². The first kappa shape index (κ1) is 22.8. The number of amides is 2. The molecular weight excluding hydrogens is 346 g/mol. The van der Waals surface area contributed by atoms with Crippen molar-refractivity contribution < 1.29 is 9.59 Å². The van der Waals surface area contributed by atoms with Crippen molar-refractivity contribution >= 4 is 36.0 Å². The highest BCUT2D eigenvalue weighted by Gasteiger charge is 2.22. The number of thioether (sulfide) groups is 1. The predicted octanol–water partition coefficient (Wildman–Crippen LogP) is 2.12. The molecule has 1 rings (SSSR count). The number of nitrogens with one attached hydrogen (secondary N) is 2. The molecule has 7 heteroatoms. The topological polar surface area (TPSA) is 84.2 Å². The Bertz CT molecular complexity index is 547. The Balaban J connectivity index is 0.00000529. The predicted molar refractivity (Wildman–Crippen MR) is 104 cm³/mol. The summed E-state index contributed by atoms with van der Waals surface area (Å²) in [6.45, 7) is 5.98. The van der Waals surface area contributed by atoms with Crippen LogP contribution in [0, 0.1) is 6.92 Å². The fraction of sp³-hybridized carbons (Fsp3) is 0.529. The molecule has 0 saturated carbocycles. The number of nitrogens with two attached hydrogens (primary N) is 1. The summed E-state index contributed by atoms with van der Waals surface area (Å²) < 4.78 is 0. The van der Waals surface area contributed by atoms with Crippen LogP contribution in [0.3, 0.4) is 0 Å². The molecule has 1 unspecified atom stereocenters. The summed E-state index contributed by atoms with van der Waals surface area (Å²) in [6.07, 6.45) is 2.55. The van der Waals surface area contributed by atoms with Crippen LogP contribution in [0.5, 0.6) is 0 Å². The summed E-state index contributed by atoms with van der Waals surface area (Å²) in [7, 11) is 0. The van der Waals surface area contributed by atoms with E-state index < -0.39 is 11.6 Å². The number of rotatable bonds is 8. The van der Waals surface area contributed by atoms with Crippen molar-refractivity contribution in [3.63, 3.8) is 0 Å². The first-order valence-electron chi connectivity index (χ1n) is 7.66. The van der Waals surface area contributed by atoms with Crippen LogP contribution in [0.2, 0.25) is 0 Å². The third-order valence-corrected chi connectivity index (χ3v) is 3.87. The average Bonchev–Trinajstić information content (AvgIpc) is 2.48. The molecule has 0 aliphatic heterocycles. The molecule has 0 saturated heterocycles. The van der Waals surface area contributed by atoms with Gasteiger partial charge in [0.05, 0.1) is 0 Å². The van der Waals surface area contributed by atoms with E-state index in [1.807, 2.05) is 45.2 Å². The third kappa shape index (κ3) is 8.57. The van der Waals surface area contributed by atoms with E-state index >= 15 is 0 Å². The van der Waals surface area contributed by atoms with Gasteiger partial charge in [0.15, 0.2) is 0 Å². The molecule has 5 nitrogen and oxygen atoms in total. The van der Waals surface area contributed by atoms with Crippen molar-refractivity contribution in [2.24, 2.45) is 5.73 Å². The Morgan fingerprint density at radius 1 is 1.33 bits per heavy atom. The van der Waals surface area contributed by atoms with Crippen LogP contribution in [0.1, 0.15) is 36.2 Å². The summed E-state index contributed by atoms with van der Waals surface area (Å²) >= 11 is 1.64. The van der Waals surface area contributed by atoms with Gasteiger partial charge in [-0.25, -0.2) is 0 Å². The molecule has 1 aromatic rings. The van der Waals surface area contributed by atoms with Crippen LogP contribution < -0.4 is 16.4 Å². The van der Waals surface area contributed by atoms with E-state index in [2.05, 4.69) is 10.6 Å². The molecule has 4 N–H and O–H groups in total. The van der Waals surface area contributed by atoms with Crippen LogP contribution >= 0.6 is 24.2 Å². The Morgan fingerprint density at radius 2 is 2.00 bits per heavy atom. The van der Waals surface area contributed by atoms with Crippen LogP contribution in [0.25, 0.3) is 0 Å². The van der Waals surface area contributed by atoms with Gasteiger partial charge in [-0.3, -0.25) is 9.59 Å². The van der Waals surface area contributed by atoms with Gasteiger partial charge in [0.2, 0.25) is 5.91 Å². The molecule has 0 aliphatic rings. The smallest absolute Gasteiger partial charge is 0.251 e. The molecule has 0 bridgehead atoms. The quantitative estimate of drug-likeness (QED) is 0.651. The van der Waals surface area contributed by atoms with Gasteiger partial charge in [-0.05, 0) is 51.3 Å². The fourth-order valence-corrected chi connectivity index (χ4v) is 2.44. The Labute approximate surface area is 154 Å². The summed E-state index contributed by atoms with van der Waals surface area (Å²) in [4.78, 5) is 24.7. The molecule has 136 valence electrons. The Morgan fingerprint density at radius 3 is 2.54 bits per heavy atom. The Hall–Kier alpha value is -1.24. The molecule has 0 spiro atoms. The highest BCUT2D eigenvalue weighted by Crippen LogP contribution is 2.07. The molecule has 0 aromatic heterocycles. The minimum Gasteiger partial charge on any atom is -0.352 e. The van der Waals surface area contributed by atoms with Crippen molar-refractivity contribution in [1.29, 1.82) is 0 Å². The fourth-order valence-electron chi connectivity index (χ4n) is 1.97. The maximum atomic E-state index is 12.4. The molecule has 0 aliphatic carbocycles. The van der Waals surface area contributed by atoms with E-state index in [0.29, 0.717) is 18.5 Å². The normalized spacial score (nSPS) is 12.0. The lowest BCUT2D eigenvalue weighted by molar-refractivity contribution is -0.123. The number of halogens is 1. The zero-order valence-electron chi connectivity index (χ0n) is 14.7. The summed E-state index contributed by atoms with van der Waals surface area (Å²) in [6, 6.07) is 6.75. The van der Waals surface area contributed by atoms with Gasteiger partial charge in [-0.2, -0.15) is 11.8 Å². The number of hydrogen-bond donors (Lipinski definition) is 3. The molecule has 1 atom stereocenters. The van der Waals surface area contributed by atoms with Crippen LogP contribution in [0.4, 0.5) is 0 Å². The van der Waals surface area contributed by atoms with Crippen molar-refractivity contribution in [2.75, 3.05) is 18.6 Å². The second-order valence-electron chi connectivity index (χ2n) is 6.38. The van der Waals surface area contributed by atoms with Crippen molar-refractivity contribution in [3.05, 3.63) is 35.4 Å². The SMILES string of the molecule is CSCCC(NC(=O)c1cccc(C)c1)C(=O)NCC(C)(C)N.Cl. The molecule has 0 heterocycles. The second kappa shape index (κ2) is 10.6. The van der Waals surface area contributed by atoms with Crippen LogP contribution in [0.15, 0.2) is 24.3 Å². The molecule has 2 amide bonds. The van der Waals surface area contributed by atoms with E-state index in [-0.39, 0.29) is 24.2 Å². The Kier molecular flexibility index (Phi) is 10.0. The molecule has 0 fully saturated rings. The van der Waals surface area contributed by atoms with Crippen molar-refractivity contribution in [2.45, 2.75) is 38.8 Å².